The van der Waals surface area contributed by atoms with Gasteiger partial charge in [-0.1, -0.05) is 42.5 Å². The van der Waals surface area contributed by atoms with Crippen molar-refractivity contribution < 1.29 is 17.9 Å². The molecule has 2 heterocycles. The number of carbonyl (C=O) groups excluding carboxylic acids is 1. The smallest absolute Gasteiger partial charge is 0.263 e. The molecule has 1 saturated heterocycles. The molecule has 6 nitrogen and oxygen atoms in total. The number of sulfonamides is 1. The largest absolute Gasteiger partial charge is 0.489 e. The molecule has 9 heteroatoms. The Hall–Kier alpha value is -2.33. The summed E-state index contributed by atoms with van der Waals surface area (Å²) in [5.41, 5.74) is 1.95. The van der Waals surface area contributed by atoms with E-state index in [0.29, 0.717) is 26.2 Å². The molecule has 0 radical (unpaired) electrons. The molecular formula is C23H24N2O4S3. The molecule has 0 unspecified atom stereocenters. The lowest BCUT2D eigenvalue weighted by molar-refractivity contribution is 0.0952. The summed E-state index contributed by atoms with van der Waals surface area (Å²) in [5, 5.41) is 4.50. The topological polar surface area (TPSA) is 75.7 Å². The number of thioether (sulfide) groups is 1. The molecular weight excluding hydrogens is 464 g/mol. The van der Waals surface area contributed by atoms with Crippen LogP contribution in [-0.2, 0) is 23.2 Å². The number of amides is 1. The van der Waals surface area contributed by atoms with Crippen LogP contribution in [0.25, 0.3) is 0 Å². The van der Waals surface area contributed by atoms with Crippen LogP contribution in [0.1, 0.15) is 20.8 Å². The number of para-hydroxylation sites is 1. The second kappa shape index (κ2) is 10.5. The van der Waals surface area contributed by atoms with Crippen molar-refractivity contribution in [1.82, 2.24) is 9.62 Å². The van der Waals surface area contributed by atoms with Crippen LogP contribution in [0, 0.1) is 0 Å². The summed E-state index contributed by atoms with van der Waals surface area (Å²) in [6.07, 6.45) is 0. The number of hydrogen-bond donors (Lipinski definition) is 1. The molecule has 0 saturated carbocycles. The maximum absolute atomic E-state index is 13.0. The van der Waals surface area contributed by atoms with Crippen molar-refractivity contribution in [2.75, 3.05) is 24.6 Å². The Morgan fingerprint density at radius 3 is 2.38 bits per heavy atom. The maximum Gasteiger partial charge on any atom is 0.263 e. The summed E-state index contributed by atoms with van der Waals surface area (Å²) in [6.45, 7) is 1.73. The molecule has 0 atom stereocenters. The molecule has 1 fully saturated rings. The molecule has 1 aliphatic rings. The number of carbonyl (C=O) groups is 1. The summed E-state index contributed by atoms with van der Waals surface area (Å²) in [7, 11) is -3.66. The molecule has 4 rings (SSSR count). The Kier molecular flexibility index (Phi) is 7.51. The van der Waals surface area contributed by atoms with E-state index in [4.69, 9.17) is 4.74 Å². The van der Waals surface area contributed by atoms with Gasteiger partial charge in [-0.25, -0.2) is 8.42 Å². The fourth-order valence-electron chi connectivity index (χ4n) is 3.29. The number of rotatable bonds is 8. The highest BCUT2D eigenvalue weighted by molar-refractivity contribution is 7.99. The highest BCUT2D eigenvalue weighted by Gasteiger charge is 2.31. The van der Waals surface area contributed by atoms with Crippen molar-refractivity contribution in [3.63, 3.8) is 0 Å². The van der Waals surface area contributed by atoms with Crippen molar-refractivity contribution in [2.45, 2.75) is 18.0 Å². The number of thiophene rings is 1. The molecule has 2 aromatic carbocycles. The van der Waals surface area contributed by atoms with Gasteiger partial charge in [0, 0.05) is 31.1 Å². The average molecular weight is 489 g/mol. The highest BCUT2D eigenvalue weighted by Crippen LogP contribution is 2.27. The van der Waals surface area contributed by atoms with Gasteiger partial charge in [0.15, 0.2) is 0 Å². The predicted molar refractivity (Wildman–Crippen MR) is 129 cm³/mol. The SMILES string of the molecule is O=C(NCc1ccc(COc2ccccc2)cc1)c1sccc1S(=O)(=O)N1CCSCC1. The first kappa shape index (κ1) is 22.8. The number of nitrogens with one attached hydrogen (secondary N) is 1. The lowest BCUT2D eigenvalue weighted by Gasteiger charge is -2.25. The van der Waals surface area contributed by atoms with E-state index in [2.05, 4.69) is 5.32 Å². The van der Waals surface area contributed by atoms with Crippen molar-refractivity contribution >= 4 is 39.0 Å². The Morgan fingerprint density at radius 1 is 0.969 bits per heavy atom. The standard InChI is InChI=1S/C23H24N2O4S3/c26-23(22-21(10-13-31-22)32(27,28)25-11-14-30-15-12-25)24-16-18-6-8-19(9-7-18)17-29-20-4-2-1-3-5-20/h1-10,13H,11-12,14-17H2,(H,24,26). The fourth-order valence-corrected chi connectivity index (χ4v) is 7.18. The molecule has 1 aromatic heterocycles. The average Bonchev–Trinajstić information content (AvgIpc) is 3.34. The normalized spacial score (nSPS) is 14.8. The Labute approximate surface area is 196 Å². The van der Waals surface area contributed by atoms with Gasteiger partial charge in [0.1, 0.15) is 22.1 Å². The third-order valence-corrected chi connectivity index (χ3v) is 8.97. The van der Waals surface area contributed by atoms with E-state index in [-0.39, 0.29) is 15.7 Å². The first-order valence-corrected chi connectivity index (χ1v) is 13.7. The fraction of sp³-hybridized carbons (Fsp3) is 0.261. The molecule has 1 amide bonds. The van der Waals surface area contributed by atoms with Crippen molar-refractivity contribution in [3.8, 4) is 5.75 Å². The molecule has 0 spiro atoms. The Morgan fingerprint density at radius 2 is 1.66 bits per heavy atom. The summed E-state index contributed by atoms with van der Waals surface area (Å²) in [6, 6.07) is 18.9. The number of hydrogen-bond acceptors (Lipinski definition) is 6. The summed E-state index contributed by atoms with van der Waals surface area (Å²) >= 11 is 2.89. The van der Waals surface area contributed by atoms with E-state index in [1.807, 2.05) is 54.6 Å². The van der Waals surface area contributed by atoms with Gasteiger partial charge < -0.3 is 10.1 Å². The van der Waals surface area contributed by atoms with Crippen LogP contribution in [0.15, 0.2) is 70.9 Å². The van der Waals surface area contributed by atoms with Gasteiger partial charge in [-0.15, -0.1) is 11.3 Å². The maximum atomic E-state index is 13.0. The number of benzene rings is 2. The quantitative estimate of drug-likeness (QED) is 0.519. The van der Waals surface area contributed by atoms with E-state index >= 15 is 0 Å². The van der Waals surface area contributed by atoms with E-state index < -0.39 is 10.0 Å². The van der Waals surface area contributed by atoms with Gasteiger partial charge >= 0.3 is 0 Å². The number of ether oxygens (including phenoxy) is 1. The zero-order valence-electron chi connectivity index (χ0n) is 17.4. The molecule has 32 heavy (non-hydrogen) atoms. The van der Waals surface area contributed by atoms with Crippen molar-refractivity contribution in [2.24, 2.45) is 0 Å². The third-order valence-electron chi connectivity index (χ3n) is 5.05. The van der Waals surface area contributed by atoms with Crippen molar-refractivity contribution in [1.29, 1.82) is 0 Å². The van der Waals surface area contributed by atoms with Crippen LogP contribution in [0.2, 0.25) is 0 Å². The van der Waals surface area contributed by atoms with Gasteiger partial charge in [-0.2, -0.15) is 16.1 Å². The molecule has 1 N–H and O–H groups in total. The summed E-state index contributed by atoms with van der Waals surface area (Å²) in [4.78, 5) is 13.1. The van der Waals surface area contributed by atoms with Gasteiger partial charge in [-0.05, 0) is 34.7 Å². The Bertz CT molecular complexity index is 1140. The number of nitrogens with zero attached hydrogens (tertiary/aromatic N) is 1. The van der Waals surface area contributed by atoms with E-state index in [0.717, 1.165) is 39.7 Å². The lowest BCUT2D eigenvalue weighted by Crippen LogP contribution is -2.38. The van der Waals surface area contributed by atoms with Gasteiger partial charge in [0.25, 0.3) is 5.91 Å². The Balaban J connectivity index is 1.35. The van der Waals surface area contributed by atoms with Gasteiger partial charge in [0.05, 0.1) is 0 Å². The van der Waals surface area contributed by atoms with E-state index in [1.165, 1.54) is 10.4 Å². The van der Waals surface area contributed by atoms with Gasteiger partial charge in [-0.3, -0.25) is 4.79 Å². The van der Waals surface area contributed by atoms with Crippen LogP contribution >= 0.6 is 23.1 Å². The first-order chi connectivity index (χ1) is 15.5. The zero-order valence-corrected chi connectivity index (χ0v) is 19.8. The highest BCUT2D eigenvalue weighted by atomic mass is 32.2. The minimum atomic E-state index is -3.66. The second-order valence-electron chi connectivity index (χ2n) is 7.23. The van der Waals surface area contributed by atoms with Crippen LogP contribution in [0.3, 0.4) is 0 Å². The van der Waals surface area contributed by atoms with Crippen LogP contribution in [0.4, 0.5) is 0 Å². The van der Waals surface area contributed by atoms with Crippen molar-refractivity contribution in [3.05, 3.63) is 82.0 Å². The lowest BCUT2D eigenvalue weighted by atomic mass is 10.1. The second-order valence-corrected chi connectivity index (χ2v) is 11.3. The molecule has 0 aliphatic carbocycles. The summed E-state index contributed by atoms with van der Waals surface area (Å²) < 4.78 is 33.2. The van der Waals surface area contributed by atoms with E-state index in [1.54, 1.807) is 17.1 Å². The summed E-state index contributed by atoms with van der Waals surface area (Å²) in [5.74, 6) is 1.99. The third kappa shape index (κ3) is 5.53. The molecule has 0 bridgehead atoms. The minimum Gasteiger partial charge on any atom is -0.489 e. The predicted octanol–water partition coefficient (Wildman–Crippen LogP) is 3.99. The van der Waals surface area contributed by atoms with Crippen LogP contribution in [-0.4, -0.2) is 43.2 Å². The molecule has 1 aliphatic heterocycles. The van der Waals surface area contributed by atoms with Crippen LogP contribution in [0.5, 0.6) is 5.75 Å². The monoisotopic (exact) mass is 488 g/mol. The molecule has 3 aromatic rings. The van der Waals surface area contributed by atoms with Crippen LogP contribution < -0.4 is 10.1 Å². The van der Waals surface area contributed by atoms with Gasteiger partial charge in [0.2, 0.25) is 10.0 Å². The minimum absolute atomic E-state index is 0.0975. The molecule has 168 valence electrons. The van der Waals surface area contributed by atoms with E-state index in [9.17, 15) is 13.2 Å². The first-order valence-electron chi connectivity index (χ1n) is 10.2. The zero-order chi connectivity index (χ0) is 22.4.